The van der Waals surface area contributed by atoms with E-state index in [4.69, 9.17) is 4.52 Å². The molecule has 0 bridgehead atoms. The third-order valence-corrected chi connectivity index (χ3v) is 5.11. The molecule has 1 aliphatic rings. The molecule has 0 aliphatic carbocycles. The highest BCUT2D eigenvalue weighted by atomic mass is 19.1. The molecule has 0 spiro atoms. The van der Waals surface area contributed by atoms with Crippen LogP contribution in [0.4, 0.5) is 4.39 Å². The zero-order valence-corrected chi connectivity index (χ0v) is 16.4. The molecule has 0 atom stereocenters. The van der Waals surface area contributed by atoms with Crippen LogP contribution in [0.5, 0.6) is 0 Å². The Hall–Kier alpha value is -2.77. The van der Waals surface area contributed by atoms with E-state index in [0.29, 0.717) is 56.2 Å². The lowest BCUT2D eigenvalue weighted by Crippen LogP contribution is -2.64. The van der Waals surface area contributed by atoms with Gasteiger partial charge in [-0.1, -0.05) is 5.16 Å². The Morgan fingerprint density at radius 2 is 1.96 bits per heavy atom. The average molecular weight is 388 g/mol. The van der Waals surface area contributed by atoms with E-state index in [2.05, 4.69) is 10.1 Å². The Balaban J connectivity index is 1.54. The number of piperazine rings is 1. The molecule has 0 radical (unpaired) electrons. The number of benzene rings is 1. The molecule has 28 heavy (non-hydrogen) atoms. The van der Waals surface area contributed by atoms with Gasteiger partial charge in [0.05, 0.1) is 0 Å². The van der Waals surface area contributed by atoms with Crippen LogP contribution in [0.1, 0.15) is 39.5 Å². The van der Waals surface area contributed by atoms with Crippen LogP contribution in [0.2, 0.25) is 0 Å². The van der Waals surface area contributed by atoms with Crippen molar-refractivity contribution in [3.8, 4) is 11.4 Å². The SMILES string of the molecule is CCN1CCN(C(=O)CCCc2nc(-c3ccc(F)cc3)no2)C(C)(C)C1=O. The zero-order chi connectivity index (χ0) is 20.3. The Morgan fingerprint density at radius 3 is 2.64 bits per heavy atom. The van der Waals surface area contributed by atoms with Crippen molar-refractivity contribution in [2.24, 2.45) is 0 Å². The van der Waals surface area contributed by atoms with Gasteiger partial charge in [-0.25, -0.2) is 4.39 Å². The second-order valence-corrected chi connectivity index (χ2v) is 7.36. The summed E-state index contributed by atoms with van der Waals surface area (Å²) < 4.78 is 18.2. The normalized spacial score (nSPS) is 16.5. The minimum Gasteiger partial charge on any atom is -0.339 e. The Labute approximate surface area is 163 Å². The van der Waals surface area contributed by atoms with Crippen LogP contribution in [0, 0.1) is 5.82 Å². The van der Waals surface area contributed by atoms with Crippen LogP contribution >= 0.6 is 0 Å². The largest absolute Gasteiger partial charge is 0.339 e. The highest BCUT2D eigenvalue weighted by molar-refractivity contribution is 5.91. The number of aromatic nitrogens is 2. The number of hydrogen-bond donors (Lipinski definition) is 0. The number of carbonyl (C=O) groups excluding carboxylic acids is 2. The standard InChI is InChI=1S/C20H25FN4O3/c1-4-24-12-13-25(20(2,3)19(24)27)17(26)7-5-6-16-22-18(23-28-16)14-8-10-15(21)11-9-14/h8-11H,4-7,12-13H2,1-3H3. The van der Waals surface area contributed by atoms with Crippen LogP contribution < -0.4 is 0 Å². The van der Waals surface area contributed by atoms with Gasteiger partial charge in [0.1, 0.15) is 11.4 Å². The van der Waals surface area contributed by atoms with Gasteiger partial charge in [-0.05, 0) is 51.5 Å². The fraction of sp³-hybridized carbons (Fsp3) is 0.500. The number of carbonyl (C=O) groups is 2. The topological polar surface area (TPSA) is 79.5 Å². The summed E-state index contributed by atoms with van der Waals surface area (Å²) in [6, 6.07) is 5.85. The number of nitrogens with zero attached hydrogens (tertiary/aromatic N) is 4. The maximum atomic E-state index is 13.0. The van der Waals surface area contributed by atoms with Gasteiger partial charge in [0.25, 0.3) is 0 Å². The van der Waals surface area contributed by atoms with Gasteiger partial charge in [0, 0.05) is 38.0 Å². The van der Waals surface area contributed by atoms with Crippen LogP contribution in [0.15, 0.2) is 28.8 Å². The molecule has 7 nitrogen and oxygen atoms in total. The molecule has 1 saturated heterocycles. The van der Waals surface area contributed by atoms with E-state index in [0.717, 1.165) is 0 Å². The third kappa shape index (κ3) is 4.05. The van der Waals surface area contributed by atoms with E-state index in [1.807, 2.05) is 6.92 Å². The van der Waals surface area contributed by atoms with Crippen molar-refractivity contribution in [2.45, 2.75) is 45.6 Å². The summed E-state index contributed by atoms with van der Waals surface area (Å²) in [5.41, 5.74) is -0.160. The lowest BCUT2D eigenvalue weighted by Gasteiger charge is -2.45. The minimum atomic E-state index is -0.828. The summed E-state index contributed by atoms with van der Waals surface area (Å²) in [6.07, 6.45) is 1.31. The van der Waals surface area contributed by atoms with Crippen molar-refractivity contribution in [3.63, 3.8) is 0 Å². The van der Waals surface area contributed by atoms with Crippen molar-refractivity contribution < 1.29 is 18.5 Å². The van der Waals surface area contributed by atoms with Crippen molar-refractivity contribution >= 4 is 11.8 Å². The fourth-order valence-electron chi connectivity index (χ4n) is 3.44. The van der Waals surface area contributed by atoms with Crippen molar-refractivity contribution in [3.05, 3.63) is 36.0 Å². The first-order valence-electron chi connectivity index (χ1n) is 9.51. The highest BCUT2D eigenvalue weighted by Crippen LogP contribution is 2.24. The van der Waals surface area contributed by atoms with Crippen LogP contribution in [0.3, 0.4) is 0 Å². The molecule has 150 valence electrons. The first kappa shape index (κ1) is 20.0. The number of rotatable bonds is 6. The predicted molar refractivity (Wildman–Crippen MR) is 101 cm³/mol. The molecular weight excluding hydrogens is 363 g/mol. The number of halogens is 1. The van der Waals surface area contributed by atoms with E-state index >= 15 is 0 Å². The smallest absolute Gasteiger partial charge is 0.248 e. The molecule has 0 saturated carbocycles. The molecule has 0 unspecified atom stereocenters. The minimum absolute atomic E-state index is 0.0181. The van der Waals surface area contributed by atoms with E-state index in [1.54, 1.807) is 35.8 Å². The van der Waals surface area contributed by atoms with Gasteiger partial charge < -0.3 is 14.3 Å². The second kappa shape index (κ2) is 8.08. The number of hydrogen-bond acceptors (Lipinski definition) is 5. The Bertz CT molecular complexity index is 847. The van der Waals surface area contributed by atoms with Gasteiger partial charge in [-0.15, -0.1) is 0 Å². The summed E-state index contributed by atoms with van der Waals surface area (Å²) in [5.74, 6) is 0.428. The average Bonchev–Trinajstić information content (AvgIpc) is 3.13. The molecule has 0 N–H and O–H groups in total. The van der Waals surface area contributed by atoms with E-state index in [1.165, 1.54) is 12.1 Å². The maximum Gasteiger partial charge on any atom is 0.248 e. The number of amides is 2. The lowest BCUT2D eigenvalue weighted by atomic mass is 9.96. The summed E-state index contributed by atoms with van der Waals surface area (Å²) >= 11 is 0. The molecule has 1 aromatic carbocycles. The molecule has 1 aromatic heterocycles. The Kier molecular flexibility index (Phi) is 5.76. The highest BCUT2D eigenvalue weighted by Gasteiger charge is 2.43. The van der Waals surface area contributed by atoms with E-state index < -0.39 is 5.54 Å². The molecule has 2 amide bonds. The molecule has 1 fully saturated rings. The summed E-state index contributed by atoms with van der Waals surface area (Å²) in [6.45, 7) is 7.29. The van der Waals surface area contributed by atoms with E-state index in [-0.39, 0.29) is 17.6 Å². The van der Waals surface area contributed by atoms with Crippen molar-refractivity contribution in [1.29, 1.82) is 0 Å². The van der Waals surface area contributed by atoms with Gasteiger partial charge >= 0.3 is 0 Å². The van der Waals surface area contributed by atoms with Gasteiger partial charge in [-0.2, -0.15) is 4.98 Å². The first-order valence-corrected chi connectivity index (χ1v) is 9.51. The van der Waals surface area contributed by atoms with Gasteiger partial charge in [-0.3, -0.25) is 9.59 Å². The second-order valence-electron chi connectivity index (χ2n) is 7.36. The third-order valence-electron chi connectivity index (χ3n) is 5.11. The zero-order valence-electron chi connectivity index (χ0n) is 16.4. The lowest BCUT2D eigenvalue weighted by molar-refractivity contribution is -0.158. The van der Waals surface area contributed by atoms with Crippen molar-refractivity contribution in [1.82, 2.24) is 19.9 Å². The molecular formula is C20H25FN4O3. The number of aryl methyl sites for hydroxylation is 1. The van der Waals surface area contributed by atoms with Crippen molar-refractivity contribution in [2.75, 3.05) is 19.6 Å². The van der Waals surface area contributed by atoms with Crippen LogP contribution in [0.25, 0.3) is 11.4 Å². The quantitative estimate of drug-likeness (QED) is 0.760. The predicted octanol–water partition coefficient (Wildman–Crippen LogP) is 2.67. The molecule has 1 aliphatic heterocycles. The monoisotopic (exact) mass is 388 g/mol. The van der Waals surface area contributed by atoms with Gasteiger partial charge in [0.2, 0.25) is 23.5 Å². The summed E-state index contributed by atoms with van der Waals surface area (Å²) in [4.78, 5) is 32.9. The fourth-order valence-corrected chi connectivity index (χ4v) is 3.44. The van der Waals surface area contributed by atoms with E-state index in [9.17, 15) is 14.0 Å². The summed E-state index contributed by atoms with van der Waals surface area (Å²) in [7, 11) is 0. The Morgan fingerprint density at radius 1 is 1.25 bits per heavy atom. The molecule has 8 heteroatoms. The summed E-state index contributed by atoms with van der Waals surface area (Å²) in [5, 5.41) is 3.90. The molecule has 2 heterocycles. The molecule has 3 rings (SSSR count). The maximum absolute atomic E-state index is 13.0. The van der Waals surface area contributed by atoms with Gasteiger partial charge in [0.15, 0.2) is 0 Å². The first-order chi connectivity index (χ1) is 13.3. The van der Waals surface area contributed by atoms with Crippen LogP contribution in [-0.2, 0) is 16.0 Å². The van der Waals surface area contributed by atoms with Crippen LogP contribution in [-0.4, -0.2) is 56.9 Å². The number of likely N-dealkylation sites (N-methyl/N-ethyl adjacent to an activating group) is 1. The molecule has 2 aromatic rings.